The number of halogens is 2. The van der Waals surface area contributed by atoms with E-state index < -0.39 is 0 Å². The van der Waals surface area contributed by atoms with E-state index in [0.29, 0.717) is 12.0 Å². The zero-order chi connectivity index (χ0) is 15.8. The van der Waals surface area contributed by atoms with Crippen LogP contribution in [0.4, 0.5) is 0 Å². The number of piperazine rings is 1. The second kappa shape index (κ2) is 8.41. The van der Waals surface area contributed by atoms with Gasteiger partial charge in [-0.2, -0.15) is 0 Å². The molecule has 0 bridgehead atoms. The molecule has 0 N–H and O–H groups in total. The summed E-state index contributed by atoms with van der Waals surface area (Å²) in [7, 11) is 3.95. The van der Waals surface area contributed by atoms with Crippen LogP contribution < -0.4 is 4.74 Å². The molecule has 2 aromatic carbocycles. The molecule has 4 rings (SSSR count). The molecule has 5 heteroatoms. The predicted octanol–water partition coefficient (Wildman–Crippen LogP) is 3.97. The van der Waals surface area contributed by atoms with Gasteiger partial charge in [0, 0.05) is 38.1 Å². The summed E-state index contributed by atoms with van der Waals surface area (Å²) >= 11 is 0. The summed E-state index contributed by atoms with van der Waals surface area (Å²) in [4.78, 5) is 5.11. The molecule has 2 aliphatic rings. The Morgan fingerprint density at radius 2 is 1.56 bits per heavy atom. The number of rotatable bonds is 2. The van der Waals surface area contributed by atoms with E-state index in [0.717, 1.165) is 31.9 Å². The quantitative estimate of drug-likeness (QED) is 0.783. The predicted molar refractivity (Wildman–Crippen MR) is 108 cm³/mol. The standard InChI is InChI=1S/C20H24N2O.2ClH/c1-21-11-12-22-13-19(15-7-9-16(23-2)10-8-15)17-5-3-4-6-18(17)20(22)14-21;;/h3-10,19-20H,11-14H2,1-2H3;2*1H. The van der Waals surface area contributed by atoms with E-state index >= 15 is 0 Å². The van der Waals surface area contributed by atoms with E-state index in [1.54, 1.807) is 7.11 Å². The third-order valence-corrected chi connectivity index (χ3v) is 5.36. The lowest BCUT2D eigenvalue weighted by Gasteiger charge is -2.46. The lowest BCUT2D eigenvalue weighted by atomic mass is 9.80. The van der Waals surface area contributed by atoms with Crippen LogP contribution in [0.5, 0.6) is 5.75 Å². The van der Waals surface area contributed by atoms with Crippen LogP contribution in [-0.4, -0.2) is 50.1 Å². The largest absolute Gasteiger partial charge is 0.497 e. The van der Waals surface area contributed by atoms with Gasteiger partial charge in [-0.3, -0.25) is 4.90 Å². The first-order valence-electron chi connectivity index (χ1n) is 8.41. The molecule has 0 radical (unpaired) electrons. The number of hydrogen-bond donors (Lipinski definition) is 0. The maximum Gasteiger partial charge on any atom is 0.118 e. The Morgan fingerprint density at radius 3 is 2.24 bits per heavy atom. The van der Waals surface area contributed by atoms with Crippen molar-refractivity contribution in [1.82, 2.24) is 9.80 Å². The van der Waals surface area contributed by atoms with E-state index in [2.05, 4.69) is 65.4 Å². The molecule has 2 aromatic rings. The van der Waals surface area contributed by atoms with Crippen molar-refractivity contribution in [2.75, 3.05) is 40.3 Å². The van der Waals surface area contributed by atoms with E-state index in [9.17, 15) is 0 Å². The summed E-state index contributed by atoms with van der Waals surface area (Å²) in [6.07, 6.45) is 0. The first kappa shape index (κ1) is 20.1. The second-order valence-electron chi connectivity index (χ2n) is 6.73. The van der Waals surface area contributed by atoms with E-state index in [-0.39, 0.29) is 24.8 Å². The summed E-state index contributed by atoms with van der Waals surface area (Å²) in [5, 5.41) is 0. The molecular weight excluding hydrogens is 355 g/mol. The Hall–Kier alpha value is -1.26. The first-order chi connectivity index (χ1) is 11.3. The van der Waals surface area contributed by atoms with Crippen molar-refractivity contribution in [3.63, 3.8) is 0 Å². The van der Waals surface area contributed by atoms with Crippen LogP contribution in [0.1, 0.15) is 28.7 Å². The van der Waals surface area contributed by atoms with Gasteiger partial charge in [-0.25, -0.2) is 0 Å². The summed E-state index contributed by atoms with van der Waals surface area (Å²) in [5.41, 5.74) is 4.39. The van der Waals surface area contributed by atoms with Gasteiger partial charge in [-0.05, 0) is 35.9 Å². The first-order valence-corrected chi connectivity index (χ1v) is 8.41. The lowest BCUT2D eigenvalue weighted by molar-refractivity contribution is 0.0772. The molecule has 0 amide bonds. The molecule has 1 fully saturated rings. The van der Waals surface area contributed by atoms with E-state index in [1.807, 2.05) is 0 Å². The number of methoxy groups -OCH3 is 1. The van der Waals surface area contributed by atoms with Crippen molar-refractivity contribution in [2.24, 2.45) is 0 Å². The Kier molecular flexibility index (Phi) is 6.75. The van der Waals surface area contributed by atoms with E-state index in [4.69, 9.17) is 4.74 Å². The zero-order valence-corrected chi connectivity index (χ0v) is 16.4. The highest BCUT2D eigenvalue weighted by atomic mass is 35.5. The molecule has 0 aliphatic carbocycles. The molecule has 0 spiro atoms. The highest BCUT2D eigenvalue weighted by molar-refractivity contribution is 5.85. The van der Waals surface area contributed by atoms with Crippen molar-refractivity contribution >= 4 is 24.8 Å². The highest BCUT2D eigenvalue weighted by Gasteiger charge is 2.36. The topological polar surface area (TPSA) is 15.7 Å². The summed E-state index contributed by atoms with van der Waals surface area (Å²) < 4.78 is 5.31. The average molecular weight is 381 g/mol. The molecular formula is C20H26Cl2N2O. The minimum atomic E-state index is 0. The maximum absolute atomic E-state index is 5.31. The fraction of sp³-hybridized carbons (Fsp3) is 0.400. The minimum absolute atomic E-state index is 0. The van der Waals surface area contributed by atoms with Gasteiger partial charge in [0.1, 0.15) is 5.75 Å². The fourth-order valence-corrected chi connectivity index (χ4v) is 4.06. The third kappa shape index (κ3) is 3.80. The average Bonchev–Trinajstić information content (AvgIpc) is 2.61. The van der Waals surface area contributed by atoms with Crippen molar-refractivity contribution in [3.05, 3.63) is 65.2 Å². The second-order valence-corrected chi connectivity index (χ2v) is 6.73. The van der Waals surface area contributed by atoms with Crippen molar-refractivity contribution < 1.29 is 4.74 Å². The molecule has 2 heterocycles. The van der Waals surface area contributed by atoms with Crippen LogP contribution in [0.15, 0.2) is 48.5 Å². The Labute approximate surface area is 162 Å². The van der Waals surface area contributed by atoms with Gasteiger partial charge in [0.2, 0.25) is 0 Å². The van der Waals surface area contributed by atoms with Crippen LogP contribution in [-0.2, 0) is 0 Å². The minimum Gasteiger partial charge on any atom is -0.497 e. The van der Waals surface area contributed by atoms with Gasteiger partial charge in [0.15, 0.2) is 0 Å². The van der Waals surface area contributed by atoms with Crippen molar-refractivity contribution in [2.45, 2.75) is 12.0 Å². The number of likely N-dealkylation sites (N-methyl/N-ethyl adjacent to an activating group) is 1. The van der Waals surface area contributed by atoms with Crippen LogP contribution in [0.25, 0.3) is 0 Å². The van der Waals surface area contributed by atoms with Gasteiger partial charge in [-0.1, -0.05) is 36.4 Å². The summed E-state index contributed by atoms with van der Waals surface area (Å²) in [6.45, 7) is 4.56. The van der Waals surface area contributed by atoms with Crippen LogP contribution in [0.3, 0.4) is 0 Å². The van der Waals surface area contributed by atoms with Gasteiger partial charge in [0.05, 0.1) is 7.11 Å². The maximum atomic E-state index is 5.31. The molecule has 2 aliphatic heterocycles. The zero-order valence-electron chi connectivity index (χ0n) is 14.7. The van der Waals surface area contributed by atoms with Crippen molar-refractivity contribution in [3.8, 4) is 5.75 Å². The van der Waals surface area contributed by atoms with Gasteiger partial charge >= 0.3 is 0 Å². The number of fused-ring (bicyclic) bond motifs is 3. The molecule has 1 saturated heterocycles. The van der Waals surface area contributed by atoms with Gasteiger partial charge < -0.3 is 9.64 Å². The molecule has 3 nitrogen and oxygen atoms in total. The summed E-state index contributed by atoms with van der Waals surface area (Å²) in [6, 6.07) is 18.1. The normalized spacial score (nSPS) is 22.8. The van der Waals surface area contributed by atoms with Crippen molar-refractivity contribution in [1.29, 1.82) is 0 Å². The number of benzene rings is 2. The van der Waals surface area contributed by atoms with Gasteiger partial charge in [-0.15, -0.1) is 24.8 Å². The number of nitrogens with zero attached hydrogens (tertiary/aromatic N) is 2. The molecule has 2 atom stereocenters. The molecule has 25 heavy (non-hydrogen) atoms. The Bertz CT molecular complexity index is 692. The molecule has 2 unspecified atom stereocenters. The SMILES string of the molecule is COc1ccc(C2CN3CCN(C)CC3c3ccccc32)cc1.Cl.Cl. The van der Waals surface area contributed by atoms with Crippen LogP contribution in [0.2, 0.25) is 0 Å². The molecule has 0 saturated carbocycles. The molecule has 0 aromatic heterocycles. The summed E-state index contributed by atoms with van der Waals surface area (Å²) in [5.74, 6) is 1.38. The fourth-order valence-electron chi connectivity index (χ4n) is 4.06. The van der Waals surface area contributed by atoms with E-state index in [1.165, 1.54) is 16.7 Å². The lowest BCUT2D eigenvalue weighted by Crippen LogP contribution is -2.50. The third-order valence-electron chi connectivity index (χ3n) is 5.36. The molecule has 136 valence electrons. The monoisotopic (exact) mass is 380 g/mol. The smallest absolute Gasteiger partial charge is 0.118 e. The van der Waals surface area contributed by atoms with Crippen LogP contribution >= 0.6 is 24.8 Å². The van der Waals surface area contributed by atoms with Crippen LogP contribution in [0, 0.1) is 0 Å². The number of ether oxygens (including phenoxy) is 1. The number of hydrogen-bond acceptors (Lipinski definition) is 3. The Morgan fingerprint density at radius 1 is 0.880 bits per heavy atom. The highest BCUT2D eigenvalue weighted by Crippen LogP contribution is 2.40. The Balaban J connectivity index is 0.00000113. The van der Waals surface area contributed by atoms with Gasteiger partial charge in [0.25, 0.3) is 0 Å².